The first-order valence-electron chi connectivity index (χ1n) is 16.2. The van der Waals surface area contributed by atoms with Gasteiger partial charge in [-0.2, -0.15) is 0 Å². The summed E-state index contributed by atoms with van der Waals surface area (Å²) in [6.45, 7) is 2.71. The molecule has 0 bridgehead atoms. The van der Waals surface area contributed by atoms with Crippen molar-refractivity contribution in [1.82, 2.24) is 29.7 Å². The fourth-order valence-corrected chi connectivity index (χ4v) is 4.88. The van der Waals surface area contributed by atoms with E-state index in [1.807, 2.05) is 12.2 Å². The van der Waals surface area contributed by atoms with Crippen molar-refractivity contribution < 1.29 is 19.4 Å². The van der Waals surface area contributed by atoms with Crippen molar-refractivity contribution in [3.05, 3.63) is 95.9 Å². The molecule has 1 saturated heterocycles. The van der Waals surface area contributed by atoms with E-state index in [4.69, 9.17) is 4.74 Å². The number of nitrogens with zero attached hydrogens (tertiary/aromatic N) is 4. The molecule has 0 radical (unpaired) electrons. The number of allylic oxidation sites excluding steroid dienone is 12. The number of rotatable bonds is 20. The van der Waals surface area contributed by atoms with Crippen molar-refractivity contribution in [3.8, 4) is 0 Å². The molecule has 2 amide bonds. The average molecular weight is 633 g/mol. The Hall–Kier alpha value is -4.51. The number of H-pyrrole nitrogens is 1. The number of hydrogen-bond acceptors (Lipinski definition) is 6. The van der Waals surface area contributed by atoms with E-state index >= 15 is 0 Å². The molecule has 2 aromatic rings. The van der Waals surface area contributed by atoms with E-state index in [9.17, 15) is 19.5 Å². The Morgan fingerprint density at radius 3 is 2.17 bits per heavy atom. The number of hydrogen-bond donors (Lipinski definition) is 3. The molecule has 3 heterocycles. The van der Waals surface area contributed by atoms with Crippen molar-refractivity contribution in [2.45, 2.75) is 83.5 Å². The summed E-state index contributed by atoms with van der Waals surface area (Å²) in [4.78, 5) is 48.0. The number of amides is 2. The lowest BCUT2D eigenvalue weighted by atomic mass is 10.2. The standard InChI is InChI=1S/C35H48N6O5/c1-2-3-4-5-6-7-8-9-10-11-12-13-14-15-16-17-18-19-20-21-30(42)36-24-25-40(35(44)45)26-29-22-23-31(46-29)41-28-39-32-33(41)37-27-38-34(32)43/h3-4,6-7,9-10,12-13,15-16,18-19,27-29,31H,2,5,8,11,14,17,20-26H2,1H3,(H,36,42)(H,44,45)(H,37,38,43)/b4-3-,7-6-,10-9-,13-12-,16-15-,19-18-/t29-,31+/m0/s1. The minimum absolute atomic E-state index is 0.114. The molecule has 46 heavy (non-hydrogen) atoms. The van der Waals surface area contributed by atoms with Gasteiger partial charge in [0.05, 0.1) is 25.3 Å². The molecule has 11 nitrogen and oxygen atoms in total. The van der Waals surface area contributed by atoms with Gasteiger partial charge < -0.3 is 25.0 Å². The highest BCUT2D eigenvalue weighted by Crippen LogP contribution is 2.30. The van der Waals surface area contributed by atoms with Crippen molar-refractivity contribution in [3.63, 3.8) is 0 Å². The first-order chi connectivity index (χ1) is 22.5. The normalized spacial score (nSPS) is 17.3. The minimum atomic E-state index is -1.07. The van der Waals surface area contributed by atoms with Crippen LogP contribution in [0.5, 0.6) is 0 Å². The number of carboxylic acid groups (broad SMARTS) is 1. The third-order valence-corrected chi connectivity index (χ3v) is 7.29. The molecule has 248 valence electrons. The number of carbonyl (C=O) groups excluding carboxylic acids is 1. The lowest BCUT2D eigenvalue weighted by Crippen LogP contribution is -2.41. The van der Waals surface area contributed by atoms with E-state index in [0.717, 1.165) is 38.5 Å². The summed E-state index contributed by atoms with van der Waals surface area (Å²) in [5.74, 6) is -0.114. The first kappa shape index (κ1) is 36.0. The van der Waals surface area contributed by atoms with Gasteiger partial charge in [-0.05, 0) is 57.8 Å². The second kappa shape index (κ2) is 21.3. The van der Waals surface area contributed by atoms with E-state index in [2.05, 4.69) is 88.0 Å². The maximum Gasteiger partial charge on any atom is 0.407 e. The molecule has 3 rings (SSSR count). The van der Waals surface area contributed by atoms with Crippen molar-refractivity contribution in [1.29, 1.82) is 0 Å². The number of aromatic nitrogens is 4. The molecule has 0 spiro atoms. The van der Waals surface area contributed by atoms with Crippen molar-refractivity contribution >= 4 is 23.2 Å². The number of fused-ring (bicyclic) bond motifs is 1. The largest absolute Gasteiger partial charge is 0.465 e. The van der Waals surface area contributed by atoms with Crippen molar-refractivity contribution in [2.24, 2.45) is 0 Å². The minimum Gasteiger partial charge on any atom is -0.465 e. The van der Waals surface area contributed by atoms with E-state index in [1.54, 1.807) is 4.57 Å². The fourth-order valence-electron chi connectivity index (χ4n) is 4.88. The van der Waals surface area contributed by atoms with Gasteiger partial charge in [-0.3, -0.25) is 14.2 Å². The Morgan fingerprint density at radius 2 is 1.57 bits per heavy atom. The van der Waals surface area contributed by atoms with Gasteiger partial charge in [0.15, 0.2) is 11.2 Å². The molecule has 1 fully saturated rings. The summed E-state index contributed by atoms with van der Waals surface area (Å²) in [7, 11) is 0. The lowest BCUT2D eigenvalue weighted by molar-refractivity contribution is -0.121. The zero-order chi connectivity index (χ0) is 32.8. The third-order valence-electron chi connectivity index (χ3n) is 7.29. The Morgan fingerprint density at radius 1 is 0.957 bits per heavy atom. The number of aromatic amines is 1. The third kappa shape index (κ3) is 13.2. The molecule has 2 atom stereocenters. The lowest BCUT2D eigenvalue weighted by Gasteiger charge is -2.23. The molecular formula is C35H48N6O5. The zero-order valence-electron chi connectivity index (χ0n) is 26.8. The summed E-state index contributed by atoms with van der Waals surface area (Å²) >= 11 is 0. The first-order valence-corrected chi connectivity index (χ1v) is 16.2. The number of imidazole rings is 1. The summed E-state index contributed by atoms with van der Waals surface area (Å²) < 4.78 is 7.77. The van der Waals surface area contributed by atoms with Crippen LogP contribution in [0.1, 0.15) is 77.4 Å². The van der Waals surface area contributed by atoms with E-state index < -0.39 is 6.09 Å². The van der Waals surface area contributed by atoms with Crippen LogP contribution in [-0.4, -0.2) is 67.3 Å². The highest BCUT2D eigenvalue weighted by molar-refractivity contribution is 5.76. The monoisotopic (exact) mass is 632 g/mol. The molecule has 1 aliphatic heterocycles. The zero-order valence-corrected chi connectivity index (χ0v) is 26.8. The van der Waals surface area contributed by atoms with Gasteiger partial charge >= 0.3 is 6.09 Å². The van der Waals surface area contributed by atoms with Crippen LogP contribution in [0.2, 0.25) is 0 Å². The van der Waals surface area contributed by atoms with Gasteiger partial charge in [0.1, 0.15) is 6.23 Å². The van der Waals surface area contributed by atoms with Crippen LogP contribution in [-0.2, 0) is 9.53 Å². The average Bonchev–Trinajstić information content (AvgIpc) is 3.69. The Balaban J connectivity index is 1.22. The number of carbonyl (C=O) groups is 2. The van der Waals surface area contributed by atoms with Crippen LogP contribution in [0.3, 0.4) is 0 Å². The predicted octanol–water partition coefficient (Wildman–Crippen LogP) is 6.37. The number of nitrogens with one attached hydrogen (secondary N) is 2. The van der Waals surface area contributed by atoms with E-state index in [-0.39, 0.29) is 48.9 Å². The van der Waals surface area contributed by atoms with Crippen LogP contribution < -0.4 is 10.9 Å². The van der Waals surface area contributed by atoms with Crippen LogP contribution in [0.15, 0.2) is 90.4 Å². The Kier molecular flexibility index (Phi) is 16.6. The summed E-state index contributed by atoms with van der Waals surface area (Å²) in [5.41, 5.74) is 0.337. The van der Waals surface area contributed by atoms with Crippen LogP contribution in [0.4, 0.5) is 4.79 Å². The summed E-state index contributed by atoms with van der Waals surface area (Å²) in [5, 5.41) is 12.5. The Bertz CT molecular complexity index is 1450. The highest BCUT2D eigenvalue weighted by atomic mass is 16.5. The molecule has 1 aliphatic rings. The van der Waals surface area contributed by atoms with Crippen LogP contribution >= 0.6 is 0 Å². The number of ether oxygens (including phenoxy) is 1. The second-order valence-corrected chi connectivity index (χ2v) is 10.9. The maximum atomic E-state index is 12.2. The van der Waals surface area contributed by atoms with Crippen LogP contribution in [0, 0.1) is 0 Å². The van der Waals surface area contributed by atoms with E-state index in [1.165, 1.54) is 17.6 Å². The SMILES string of the molecule is CC/C=C\C/C=C\C/C=C\C/C=C\C/C=C\C/C=C\CCC(=O)NCCN(C[C@@H]1CC[C@H](n2cnc3c(=O)[nH]cnc32)O1)C(=O)O. The smallest absolute Gasteiger partial charge is 0.407 e. The topological polar surface area (TPSA) is 142 Å². The quantitative estimate of drug-likeness (QED) is 0.144. The van der Waals surface area contributed by atoms with Gasteiger partial charge in [0.2, 0.25) is 5.91 Å². The predicted molar refractivity (Wildman–Crippen MR) is 181 cm³/mol. The molecule has 11 heteroatoms. The van der Waals surface area contributed by atoms with Gasteiger partial charge in [0.25, 0.3) is 5.56 Å². The summed E-state index contributed by atoms with van der Waals surface area (Å²) in [6, 6.07) is 0. The van der Waals surface area contributed by atoms with Crippen molar-refractivity contribution in [2.75, 3.05) is 19.6 Å². The van der Waals surface area contributed by atoms with Gasteiger partial charge in [-0.15, -0.1) is 0 Å². The Labute approximate surface area is 271 Å². The molecule has 0 unspecified atom stereocenters. The molecule has 0 aliphatic carbocycles. The molecule has 0 saturated carbocycles. The molecular weight excluding hydrogens is 584 g/mol. The maximum absolute atomic E-state index is 12.2. The molecule has 2 aromatic heterocycles. The summed E-state index contributed by atoms with van der Waals surface area (Å²) in [6.07, 6.45) is 34.8. The fraction of sp³-hybridized carbons (Fsp3) is 0.457. The van der Waals surface area contributed by atoms with Gasteiger partial charge in [-0.1, -0.05) is 79.8 Å². The second-order valence-electron chi connectivity index (χ2n) is 10.9. The van der Waals surface area contributed by atoms with Gasteiger partial charge in [-0.25, -0.2) is 14.8 Å². The van der Waals surface area contributed by atoms with Crippen LogP contribution in [0.25, 0.3) is 11.2 Å². The highest BCUT2D eigenvalue weighted by Gasteiger charge is 2.30. The molecule has 0 aromatic carbocycles. The molecule has 3 N–H and O–H groups in total. The van der Waals surface area contributed by atoms with Gasteiger partial charge in [0, 0.05) is 19.5 Å². The van der Waals surface area contributed by atoms with E-state index in [0.29, 0.717) is 31.3 Å².